The van der Waals surface area contributed by atoms with E-state index in [0.717, 1.165) is 0 Å². The Kier molecular flexibility index (Phi) is 8.45. The number of rotatable bonds is 12. The van der Waals surface area contributed by atoms with Crippen molar-refractivity contribution >= 4 is 24.2 Å². The number of cyclic esters (lactones) is 4. The van der Waals surface area contributed by atoms with Gasteiger partial charge < -0.3 is 28.4 Å². The molecule has 0 aromatic rings. The topological polar surface area (TPSA) is 124 Å². The molecule has 0 N–H and O–H groups in total. The summed E-state index contributed by atoms with van der Waals surface area (Å²) in [7, 11) is 0. The Morgan fingerprint density at radius 3 is 1.50 bits per heavy atom. The van der Waals surface area contributed by atoms with Gasteiger partial charge >= 0.3 is 24.2 Å². The lowest BCUT2D eigenvalue weighted by Gasteiger charge is -2.19. The molecule has 0 aliphatic carbocycles. The molecule has 10 nitrogen and oxygen atoms in total. The zero-order valence-electron chi connectivity index (χ0n) is 18.3. The second kappa shape index (κ2) is 10.8. The van der Waals surface area contributed by atoms with Crippen LogP contribution in [0.25, 0.3) is 0 Å². The van der Waals surface area contributed by atoms with Crippen molar-refractivity contribution in [1.29, 1.82) is 0 Å². The molecule has 0 aromatic heterocycles. The van der Waals surface area contributed by atoms with Crippen LogP contribution in [0.15, 0.2) is 36.8 Å². The van der Waals surface area contributed by atoms with E-state index >= 15 is 0 Å². The summed E-state index contributed by atoms with van der Waals surface area (Å²) in [5, 5.41) is 0. The first-order valence-corrected chi connectivity index (χ1v) is 10.2. The summed E-state index contributed by atoms with van der Waals surface area (Å²) in [5.41, 5.74) is -1.82. The van der Waals surface area contributed by atoms with E-state index in [0.29, 0.717) is 25.7 Å². The molecule has 0 radical (unpaired) electrons. The van der Waals surface area contributed by atoms with Gasteiger partial charge in [-0.25, -0.2) is 9.59 Å². The van der Waals surface area contributed by atoms with Crippen molar-refractivity contribution < 1.29 is 47.6 Å². The number of carbonyl (C=O) groups is 4. The van der Waals surface area contributed by atoms with E-state index in [1.165, 1.54) is 12.2 Å². The summed E-state index contributed by atoms with van der Waals surface area (Å²) >= 11 is 0. The van der Waals surface area contributed by atoms with Gasteiger partial charge in [0.1, 0.15) is 11.5 Å². The van der Waals surface area contributed by atoms with Gasteiger partial charge in [-0.3, -0.25) is 9.59 Å². The zero-order valence-corrected chi connectivity index (χ0v) is 18.3. The van der Waals surface area contributed by atoms with Crippen molar-refractivity contribution in [1.82, 2.24) is 0 Å². The second-order valence-corrected chi connectivity index (χ2v) is 7.74. The number of ether oxygens (including phenoxy) is 6. The monoisotopic (exact) mass is 452 g/mol. The van der Waals surface area contributed by atoms with Gasteiger partial charge in [-0.2, -0.15) is 0 Å². The molecule has 0 aromatic carbocycles. The highest BCUT2D eigenvalue weighted by Gasteiger charge is 2.42. The average molecular weight is 452 g/mol. The number of hydrogen-bond donors (Lipinski definition) is 0. The van der Waals surface area contributed by atoms with Crippen LogP contribution in [0, 0.1) is 0 Å². The maximum atomic E-state index is 11.7. The maximum absolute atomic E-state index is 11.7. The van der Waals surface area contributed by atoms with Crippen molar-refractivity contribution in [2.75, 3.05) is 13.2 Å². The van der Waals surface area contributed by atoms with Gasteiger partial charge in [-0.15, -0.1) is 0 Å². The van der Waals surface area contributed by atoms with Gasteiger partial charge in [0.25, 0.3) is 0 Å². The summed E-state index contributed by atoms with van der Waals surface area (Å²) in [6, 6.07) is 0. The predicted octanol–water partition coefficient (Wildman–Crippen LogP) is 3.85. The first kappa shape index (κ1) is 25.0. The van der Waals surface area contributed by atoms with Crippen LogP contribution in [0.2, 0.25) is 0 Å². The molecule has 0 spiro atoms. The quantitative estimate of drug-likeness (QED) is 0.187. The highest BCUT2D eigenvalue weighted by molar-refractivity contribution is 5.73. The van der Waals surface area contributed by atoms with Crippen LogP contribution in [-0.4, -0.2) is 48.7 Å². The smallest absolute Gasteiger partial charge is 0.465 e. The lowest BCUT2D eigenvalue weighted by Crippen LogP contribution is -2.26. The Balaban J connectivity index is 1.51. The maximum Gasteiger partial charge on any atom is 0.514 e. The molecule has 2 aliphatic heterocycles. The number of carbonyl (C=O) groups excluding carboxylic acids is 4. The Morgan fingerprint density at radius 1 is 0.812 bits per heavy atom. The predicted molar refractivity (Wildman–Crippen MR) is 109 cm³/mol. The standard InChI is InChI=1S/C22H28O10/c1-15-21(3,31-19(25)29-15)11-7-13-27-17(23)9-5-6-10-18(24)28-14-8-12-22(4)16(2)30-20(26)32-22/h5-6H,1-2,7-14H2,3-4H3. The van der Waals surface area contributed by atoms with Crippen LogP contribution in [0.3, 0.4) is 0 Å². The van der Waals surface area contributed by atoms with Crippen molar-refractivity contribution in [3.05, 3.63) is 36.8 Å². The van der Waals surface area contributed by atoms with Crippen molar-refractivity contribution in [3.8, 4) is 0 Å². The van der Waals surface area contributed by atoms with E-state index < -0.39 is 35.5 Å². The molecule has 2 aliphatic rings. The summed E-state index contributed by atoms with van der Waals surface area (Å²) in [6.45, 7) is 10.9. The lowest BCUT2D eigenvalue weighted by molar-refractivity contribution is -0.144. The fourth-order valence-corrected chi connectivity index (χ4v) is 2.99. The zero-order chi connectivity index (χ0) is 23.8. The molecular weight excluding hydrogens is 424 g/mol. The number of esters is 2. The second-order valence-electron chi connectivity index (χ2n) is 7.74. The average Bonchev–Trinajstić information content (AvgIpc) is 3.12. The van der Waals surface area contributed by atoms with Gasteiger partial charge in [0.05, 0.1) is 26.1 Å². The van der Waals surface area contributed by atoms with E-state index in [2.05, 4.69) is 13.2 Å². The molecule has 2 heterocycles. The summed E-state index contributed by atoms with van der Waals surface area (Å²) in [4.78, 5) is 45.7. The third-order valence-corrected chi connectivity index (χ3v) is 5.07. The third kappa shape index (κ3) is 7.14. The molecule has 2 rings (SSSR count). The first-order chi connectivity index (χ1) is 15.0. The minimum atomic E-state index is -0.912. The Bertz CT molecular complexity index is 748. The molecule has 2 fully saturated rings. The summed E-state index contributed by atoms with van der Waals surface area (Å²) in [6.07, 6.45) is 3.27. The van der Waals surface area contributed by atoms with Crippen molar-refractivity contribution in [2.45, 2.75) is 63.6 Å². The molecular formula is C22H28O10. The van der Waals surface area contributed by atoms with E-state index in [1.807, 2.05) is 0 Å². The number of hydrogen-bond acceptors (Lipinski definition) is 10. The van der Waals surface area contributed by atoms with Gasteiger partial charge in [0.2, 0.25) is 0 Å². The molecule has 2 atom stereocenters. The van der Waals surface area contributed by atoms with E-state index in [-0.39, 0.29) is 37.6 Å². The van der Waals surface area contributed by atoms with Gasteiger partial charge in [0.15, 0.2) is 11.2 Å². The molecule has 2 unspecified atom stereocenters. The van der Waals surface area contributed by atoms with Crippen LogP contribution >= 0.6 is 0 Å². The summed E-state index contributed by atoms with van der Waals surface area (Å²) in [5.74, 6) is -0.418. The Labute approximate surface area is 186 Å². The molecule has 2 saturated heterocycles. The van der Waals surface area contributed by atoms with Crippen LogP contribution in [0.1, 0.15) is 52.4 Å². The highest BCUT2D eigenvalue weighted by Crippen LogP contribution is 2.34. The van der Waals surface area contributed by atoms with Gasteiger partial charge in [0, 0.05) is 0 Å². The molecule has 176 valence electrons. The first-order valence-electron chi connectivity index (χ1n) is 10.2. The van der Waals surface area contributed by atoms with E-state index in [9.17, 15) is 19.2 Å². The lowest BCUT2D eigenvalue weighted by atomic mass is 9.99. The van der Waals surface area contributed by atoms with Crippen molar-refractivity contribution in [3.63, 3.8) is 0 Å². The normalized spacial score (nSPS) is 24.7. The molecule has 10 heteroatoms. The van der Waals surface area contributed by atoms with Gasteiger partial charge in [-0.05, 0) is 39.5 Å². The van der Waals surface area contributed by atoms with Crippen LogP contribution < -0.4 is 0 Å². The van der Waals surface area contributed by atoms with Crippen LogP contribution in [-0.2, 0) is 38.0 Å². The van der Waals surface area contributed by atoms with Crippen LogP contribution in [0.4, 0.5) is 9.59 Å². The largest absolute Gasteiger partial charge is 0.514 e. The van der Waals surface area contributed by atoms with Gasteiger partial charge in [-0.1, -0.05) is 25.3 Å². The summed E-state index contributed by atoms with van der Waals surface area (Å²) < 4.78 is 29.9. The van der Waals surface area contributed by atoms with E-state index in [1.54, 1.807) is 13.8 Å². The fourth-order valence-electron chi connectivity index (χ4n) is 2.99. The highest BCUT2D eigenvalue weighted by atomic mass is 16.8. The minimum absolute atomic E-state index is 0.0151. The van der Waals surface area contributed by atoms with E-state index in [4.69, 9.17) is 28.4 Å². The fraction of sp³-hybridized carbons (Fsp3) is 0.545. The Morgan fingerprint density at radius 2 is 1.19 bits per heavy atom. The molecule has 32 heavy (non-hydrogen) atoms. The molecule has 0 amide bonds. The SMILES string of the molecule is C=C1OC(=O)OC1(C)CCCOC(=O)CC=CCC(=O)OCCCC1(C)OC(=O)OC1=C. The third-order valence-electron chi connectivity index (χ3n) is 5.07. The Hall–Kier alpha value is -3.30. The van der Waals surface area contributed by atoms with Crippen LogP contribution in [0.5, 0.6) is 0 Å². The molecule has 0 saturated carbocycles. The minimum Gasteiger partial charge on any atom is -0.465 e. The molecule has 0 bridgehead atoms. The van der Waals surface area contributed by atoms with Crippen molar-refractivity contribution in [2.24, 2.45) is 0 Å².